The van der Waals surface area contributed by atoms with Crippen LogP contribution in [0.25, 0.3) is 21.9 Å². The number of hydrogen-bond acceptors (Lipinski definition) is 3. The third-order valence-corrected chi connectivity index (χ3v) is 6.40. The summed E-state index contributed by atoms with van der Waals surface area (Å²) >= 11 is 0. The summed E-state index contributed by atoms with van der Waals surface area (Å²) in [6.07, 6.45) is 0. The maximum Gasteiger partial charge on any atom is 0.188 e. The van der Waals surface area contributed by atoms with Gasteiger partial charge in [-0.15, -0.1) is 0 Å². The summed E-state index contributed by atoms with van der Waals surface area (Å²) in [6.45, 7) is 7.59. The number of nitrogens with zero attached hydrogens (tertiary/aromatic N) is 1. The van der Waals surface area contributed by atoms with Crippen molar-refractivity contribution in [3.63, 3.8) is 0 Å². The molecule has 0 bridgehead atoms. The van der Waals surface area contributed by atoms with Crippen LogP contribution in [0.15, 0.2) is 78.9 Å². The van der Waals surface area contributed by atoms with Crippen LogP contribution in [0.4, 0.5) is 0 Å². The topological polar surface area (TPSA) is 21.7 Å². The highest BCUT2D eigenvalue weighted by atomic mass is 16.7. The Hall–Kier alpha value is -3.14. The van der Waals surface area contributed by atoms with Crippen molar-refractivity contribution < 1.29 is 9.47 Å². The van der Waals surface area contributed by atoms with Crippen LogP contribution < -0.4 is 4.74 Å². The smallest absolute Gasteiger partial charge is 0.188 e. The van der Waals surface area contributed by atoms with Gasteiger partial charge in [0.05, 0.1) is 0 Å². The van der Waals surface area contributed by atoms with Gasteiger partial charge in [-0.1, -0.05) is 72.8 Å². The van der Waals surface area contributed by atoms with E-state index in [1.165, 1.54) is 38.6 Å². The van der Waals surface area contributed by atoms with Crippen molar-refractivity contribution in [3.8, 4) is 16.9 Å². The van der Waals surface area contributed by atoms with Crippen molar-refractivity contribution in [1.82, 2.24) is 4.90 Å². The highest BCUT2D eigenvalue weighted by molar-refractivity contribution is 6.00. The maximum absolute atomic E-state index is 6.09. The van der Waals surface area contributed by atoms with Gasteiger partial charge in [0.2, 0.25) is 0 Å². The first-order valence-corrected chi connectivity index (χ1v) is 11.5. The highest BCUT2D eigenvalue weighted by Crippen LogP contribution is 2.41. The second-order valence-electron chi connectivity index (χ2n) is 8.83. The van der Waals surface area contributed by atoms with E-state index in [0.29, 0.717) is 6.04 Å². The first kappa shape index (κ1) is 23.0. The second-order valence-corrected chi connectivity index (χ2v) is 8.83. The van der Waals surface area contributed by atoms with Crippen LogP contribution in [-0.4, -0.2) is 25.9 Å². The minimum absolute atomic E-state index is 0.223. The summed E-state index contributed by atoms with van der Waals surface area (Å²) in [6, 6.07) is 28.4. The number of rotatable bonds is 8. The lowest BCUT2D eigenvalue weighted by Gasteiger charge is -2.27. The molecule has 0 amide bonds. The molecular formula is C30H33NO2. The minimum atomic E-state index is 0.223. The first-order chi connectivity index (χ1) is 16.0. The molecule has 3 heteroatoms. The summed E-state index contributed by atoms with van der Waals surface area (Å²) < 4.78 is 11.3. The van der Waals surface area contributed by atoms with E-state index < -0.39 is 0 Å². The van der Waals surface area contributed by atoms with E-state index in [2.05, 4.69) is 112 Å². The van der Waals surface area contributed by atoms with Crippen LogP contribution in [-0.2, 0) is 11.3 Å². The SMILES string of the molecule is COCOc1cc(C)cc(C)c1-c1c(CN(C)[C@H](C)c2ccccc2)ccc2ccccc12. The van der Waals surface area contributed by atoms with Crippen LogP contribution in [0.2, 0.25) is 0 Å². The molecule has 0 radical (unpaired) electrons. The van der Waals surface area contributed by atoms with Gasteiger partial charge >= 0.3 is 0 Å². The summed E-state index contributed by atoms with van der Waals surface area (Å²) in [7, 11) is 3.85. The number of benzene rings is 4. The minimum Gasteiger partial charge on any atom is -0.467 e. The highest BCUT2D eigenvalue weighted by Gasteiger charge is 2.20. The average Bonchev–Trinajstić information content (AvgIpc) is 2.83. The molecule has 3 nitrogen and oxygen atoms in total. The lowest BCUT2D eigenvalue weighted by atomic mass is 9.89. The van der Waals surface area contributed by atoms with Gasteiger partial charge in [0.25, 0.3) is 0 Å². The number of hydrogen-bond donors (Lipinski definition) is 0. The monoisotopic (exact) mass is 439 g/mol. The van der Waals surface area contributed by atoms with Crippen LogP contribution >= 0.6 is 0 Å². The molecule has 170 valence electrons. The molecule has 0 spiro atoms. The zero-order valence-electron chi connectivity index (χ0n) is 20.3. The predicted molar refractivity (Wildman–Crippen MR) is 138 cm³/mol. The molecule has 33 heavy (non-hydrogen) atoms. The van der Waals surface area contributed by atoms with Crippen molar-refractivity contribution >= 4 is 10.8 Å². The zero-order valence-corrected chi connectivity index (χ0v) is 20.3. The zero-order chi connectivity index (χ0) is 23.4. The van der Waals surface area contributed by atoms with Crippen LogP contribution in [0, 0.1) is 13.8 Å². The Balaban J connectivity index is 1.86. The molecule has 4 aromatic rings. The molecule has 0 aliphatic carbocycles. The molecule has 0 unspecified atom stereocenters. The molecule has 0 aromatic heterocycles. The van der Waals surface area contributed by atoms with Gasteiger partial charge < -0.3 is 9.47 Å². The Morgan fingerprint density at radius 1 is 0.848 bits per heavy atom. The van der Waals surface area contributed by atoms with E-state index in [4.69, 9.17) is 9.47 Å². The predicted octanol–water partition coefficient (Wildman–Crippen LogP) is 7.30. The van der Waals surface area contributed by atoms with E-state index in [9.17, 15) is 0 Å². The first-order valence-electron chi connectivity index (χ1n) is 11.5. The van der Waals surface area contributed by atoms with E-state index in [1.807, 2.05) is 0 Å². The van der Waals surface area contributed by atoms with Gasteiger partial charge in [0.15, 0.2) is 6.79 Å². The quantitative estimate of drug-likeness (QED) is 0.269. The molecule has 0 N–H and O–H groups in total. The molecule has 0 saturated heterocycles. The lowest BCUT2D eigenvalue weighted by Crippen LogP contribution is -2.22. The van der Waals surface area contributed by atoms with Gasteiger partial charge in [-0.3, -0.25) is 4.90 Å². The van der Waals surface area contributed by atoms with E-state index in [-0.39, 0.29) is 6.79 Å². The van der Waals surface area contributed by atoms with Crippen molar-refractivity contribution in [1.29, 1.82) is 0 Å². The summed E-state index contributed by atoms with van der Waals surface area (Å²) in [5.41, 5.74) is 7.37. The van der Waals surface area contributed by atoms with Gasteiger partial charge in [-0.2, -0.15) is 0 Å². The Kier molecular flexibility index (Phi) is 7.12. The van der Waals surface area contributed by atoms with Crippen molar-refractivity contribution in [2.45, 2.75) is 33.4 Å². The third-order valence-electron chi connectivity index (χ3n) is 6.40. The average molecular weight is 440 g/mol. The number of ether oxygens (including phenoxy) is 2. The fourth-order valence-corrected chi connectivity index (χ4v) is 4.62. The molecule has 0 aliphatic rings. The van der Waals surface area contributed by atoms with E-state index in [0.717, 1.165) is 17.9 Å². The normalized spacial score (nSPS) is 12.3. The van der Waals surface area contributed by atoms with Crippen molar-refractivity contribution in [2.75, 3.05) is 21.0 Å². The standard InChI is InChI=1S/C30H33NO2/c1-21-17-22(2)29(28(18-21)33-20-32-5)30-26(16-15-25-13-9-10-14-27(25)30)19-31(4)23(3)24-11-7-6-8-12-24/h6-18,23H,19-20H2,1-5H3/t23-/m1/s1. The van der Waals surface area contributed by atoms with Gasteiger partial charge in [-0.05, 0) is 72.5 Å². The summed E-state index contributed by atoms with van der Waals surface area (Å²) in [5.74, 6) is 0.866. The van der Waals surface area contributed by atoms with E-state index >= 15 is 0 Å². The summed E-state index contributed by atoms with van der Waals surface area (Å²) in [5, 5.41) is 2.47. The van der Waals surface area contributed by atoms with Gasteiger partial charge in [-0.25, -0.2) is 0 Å². The number of methoxy groups -OCH3 is 1. The molecule has 4 rings (SSSR count). The van der Waals surface area contributed by atoms with E-state index in [1.54, 1.807) is 7.11 Å². The molecule has 1 atom stereocenters. The fourth-order valence-electron chi connectivity index (χ4n) is 4.62. The van der Waals surface area contributed by atoms with Crippen molar-refractivity contribution in [3.05, 3.63) is 101 Å². The van der Waals surface area contributed by atoms with Crippen LogP contribution in [0.1, 0.15) is 35.2 Å². The second kappa shape index (κ2) is 10.2. The Morgan fingerprint density at radius 3 is 2.33 bits per heavy atom. The van der Waals surface area contributed by atoms with Crippen LogP contribution in [0.5, 0.6) is 5.75 Å². The molecule has 0 saturated carbocycles. The third kappa shape index (κ3) is 4.95. The maximum atomic E-state index is 6.09. The summed E-state index contributed by atoms with van der Waals surface area (Å²) in [4.78, 5) is 2.40. The molecule has 0 aliphatic heterocycles. The van der Waals surface area contributed by atoms with Gasteiger partial charge in [0, 0.05) is 25.3 Å². The molecule has 4 aromatic carbocycles. The number of fused-ring (bicyclic) bond motifs is 1. The molecule has 0 fully saturated rings. The Morgan fingerprint density at radius 2 is 1.58 bits per heavy atom. The Bertz CT molecular complexity index is 1230. The van der Waals surface area contributed by atoms with Gasteiger partial charge in [0.1, 0.15) is 5.75 Å². The largest absolute Gasteiger partial charge is 0.467 e. The molecular weight excluding hydrogens is 406 g/mol. The van der Waals surface area contributed by atoms with Crippen LogP contribution in [0.3, 0.4) is 0 Å². The lowest BCUT2D eigenvalue weighted by molar-refractivity contribution is 0.0515. The van der Waals surface area contributed by atoms with Crippen molar-refractivity contribution in [2.24, 2.45) is 0 Å². The number of aryl methyl sites for hydroxylation is 2. The fraction of sp³-hybridized carbons (Fsp3) is 0.267. The Labute approximate surface area is 197 Å². The molecule has 0 heterocycles.